The van der Waals surface area contributed by atoms with Crippen molar-refractivity contribution in [2.45, 2.75) is 64.5 Å². The second kappa shape index (κ2) is 9.32. The van der Waals surface area contributed by atoms with Gasteiger partial charge in [-0.05, 0) is 62.9 Å². The molecule has 0 saturated carbocycles. The van der Waals surface area contributed by atoms with Gasteiger partial charge >= 0.3 is 5.97 Å². The van der Waals surface area contributed by atoms with Crippen LogP contribution in [0.25, 0.3) is 0 Å². The van der Waals surface area contributed by atoms with Crippen LogP contribution in [0, 0.1) is 0 Å². The van der Waals surface area contributed by atoms with Crippen LogP contribution in [0.4, 0.5) is 0 Å². The van der Waals surface area contributed by atoms with Crippen LogP contribution in [0.5, 0.6) is 5.75 Å². The Morgan fingerprint density at radius 3 is 1.64 bits per heavy atom. The third-order valence-electron chi connectivity index (χ3n) is 5.70. The third kappa shape index (κ3) is 5.57. The van der Waals surface area contributed by atoms with Crippen molar-refractivity contribution >= 4 is 5.97 Å². The molecule has 0 radical (unpaired) electrons. The molecule has 0 aliphatic carbocycles. The Balaban J connectivity index is 2.16. The summed E-state index contributed by atoms with van der Waals surface area (Å²) in [6.45, 7) is 12.1. The minimum absolute atomic E-state index is 0.221. The fourth-order valence-electron chi connectivity index (χ4n) is 3.92. The number of carbonyl (C=O) groups is 1. The lowest BCUT2D eigenvalue weighted by molar-refractivity contribution is -0.139. The van der Waals surface area contributed by atoms with Crippen LogP contribution in [-0.2, 0) is 15.6 Å². The van der Waals surface area contributed by atoms with Gasteiger partial charge in [-0.25, -0.2) is 0 Å². The molecule has 0 aliphatic rings. The first-order valence-electron chi connectivity index (χ1n) is 11.1. The molecule has 1 aromatic carbocycles. The number of pyridine rings is 2. The molecule has 0 spiro atoms. The Bertz CT molecular complexity index is 1030. The van der Waals surface area contributed by atoms with Crippen molar-refractivity contribution in [3.63, 3.8) is 0 Å². The third-order valence-corrected chi connectivity index (χ3v) is 5.70. The van der Waals surface area contributed by atoms with Crippen molar-refractivity contribution in [2.24, 2.45) is 0 Å². The molecule has 0 aliphatic heterocycles. The van der Waals surface area contributed by atoms with Gasteiger partial charge in [0, 0.05) is 24.8 Å². The first kappa shape index (κ1) is 24.4. The number of aliphatic carboxylic acids is 1. The average molecular weight is 448 g/mol. The standard InChI is InChI=1S/C27H33N3O3/c1-26(2,3)20-13-19(14-21(24(20)31)27(4,5)6)23(25(32)33)30-22(17-9-7-11-28-15-17)18-10-8-12-29-16-18/h7-16,22-23,30-31H,1-6H3,(H,32,33). The van der Waals surface area contributed by atoms with Crippen molar-refractivity contribution in [1.82, 2.24) is 15.3 Å². The van der Waals surface area contributed by atoms with Crippen LogP contribution in [0.2, 0.25) is 0 Å². The number of phenols is 1. The highest BCUT2D eigenvalue weighted by atomic mass is 16.4. The van der Waals surface area contributed by atoms with Crippen molar-refractivity contribution in [2.75, 3.05) is 0 Å². The highest BCUT2D eigenvalue weighted by Crippen LogP contribution is 2.41. The molecule has 2 aromatic heterocycles. The molecule has 6 nitrogen and oxygen atoms in total. The first-order valence-corrected chi connectivity index (χ1v) is 11.1. The van der Waals surface area contributed by atoms with Crippen LogP contribution in [0.3, 0.4) is 0 Å². The molecule has 0 saturated heterocycles. The first-order chi connectivity index (χ1) is 15.4. The maximum absolute atomic E-state index is 12.5. The second-order valence-electron chi connectivity index (χ2n) is 10.4. The van der Waals surface area contributed by atoms with E-state index in [-0.39, 0.29) is 16.6 Å². The maximum Gasteiger partial charge on any atom is 0.325 e. The molecule has 174 valence electrons. The average Bonchev–Trinajstić information content (AvgIpc) is 2.74. The zero-order valence-electron chi connectivity index (χ0n) is 20.1. The van der Waals surface area contributed by atoms with E-state index in [2.05, 4.69) is 15.3 Å². The molecule has 3 rings (SSSR count). The van der Waals surface area contributed by atoms with E-state index in [0.717, 1.165) is 22.3 Å². The normalized spacial score (nSPS) is 13.2. The number of nitrogens with zero attached hydrogens (tertiary/aromatic N) is 2. The fourth-order valence-corrected chi connectivity index (χ4v) is 3.92. The van der Waals surface area contributed by atoms with E-state index >= 15 is 0 Å². The summed E-state index contributed by atoms with van der Waals surface area (Å²) in [6.07, 6.45) is 6.82. The fraction of sp³-hybridized carbons (Fsp3) is 0.370. The van der Waals surface area contributed by atoms with E-state index in [1.54, 1.807) is 36.9 Å². The summed E-state index contributed by atoms with van der Waals surface area (Å²) in [5.74, 6) is -0.780. The molecular weight excluding hydrogens is 414 g/mol. The number of aromatic nitrogens is 2. The zero-order valence-corrected chi connectivity index (χ0v) is 20.1. The predicted octanol–water partition coefficient (Wildman–Crippen LogP) is 5.28. The van der Waals surface area contributed by atoms with Crippen molar-refractivity contribution < 1.29 is 15.0 Å². The van der Waals surface area contributed by atoms with Gasteiger partial charge in [0.25, 0.3) is 0 Å². The Morgan fingerprint density at radius 1 is 0.848 bits per heavy atom. The number of hydrogen-bond acceptors (Lipinski definition) is 5. The number of benzene rings is 1. The van der Waals surface area contributed by atoms with E-state index in [0.29, 0.717) is 5.56 Å². The van der Waals surface area contributed by atoms with Crippen LogP contribution in [0.15, 0.2) is 61.2 Å². The minimum atomic E-state index is -1.02. The number of rotatable bonds is 6. The molecule has 3 N–H and O–H groups in total. The predicted molar refractivity (Wildman–Crippen MR) is 129 cm³/mol. The molecule has 0 bridgehead atoms. The van der Waals surface area contributed by atoms with Gasteiger partial charge in [-0.2, -0.15) is 0 Å². The summed E-state index contributed by atoms with van der Waals surface area (Å²) in [7, 11) is 0. The molecule has 0 fully saturated rings. The molecule has 6 heteroatoms. The zero-order chi connectivity index (χ0) is 24.4. The Hall–Kier alpha value is -3.25. The minimum Gasteiger partial charge on any atom is -0.507 e. The van der Waals surface area contributed by atoms with E-state index in [1.165, 1.54) is 0 Å². The summed E-state index contributed by atoms with van der Waals surface area (Å²) in [5.41, 5.74) is 2.97. The lowest BCUT2D eigenvalue weighted by atomic mass is 9.77. The number of aromatic hydroxyl groups is 1. The molecule has 0 amide bonds. The highest BCUT2D eigenvalue weighted by Gasteiger charge is 2.31. The summed E-state index contributed by atoms with van der Waals surface area (Å²) >= 11 is 0. The Kier molecular flexibility index (Phi) is 6.89. The molecule has 2 heterocycles. The number of carboxylic acids is 1. The van der Waals surface area contributed by atoms with Gasteiger partial charge in [-0.1, -0.05) is 53.7 Å². The van der Waals surface area contributed by atoms with Crippen molar-refractivity contribution in [3.05, 3.63) is 89.0 Å². The van der Waals surface area contributed by atoms with Gasteiger partial charge in [-0.3, -0.25) is 20.1 Å². The summed E-state index contributed by atoms with van der Waals surface area (Å²) in [6, 6.07) is 9.64. The van der Waals surface area contributed by atoms with Crippen molar-refractivity contribution in [1.29, 1.82) is 0 Å². The summed E-state index contributed by atoms with van der Waals surface area (Å²) in [4.78, 5) is 21.0. The lowest BCUT2D eigenvalue weighted by Crippen LogP contribution is -2.33. The second-order valence-corrected chi connectivity index (χ2v) is 10.4. The molecule has 33 heavy (non-hydrogen) atoms. The topological polar surface area (TPSA) is 95.3 Å². The van der Waals surface area contributed by atoms with Crippen LogP contribution < -0.4 is 5.32 Å². The Morgan fingerprint density at radius 2 is 1.30 bits per heavy atom. The molecular formula is C27H33N3O3. The van der Waals surface area contributed by atoms with Gasteiger partial charge in [0.05, 0.1) is 6.04 Å². The van der Waals surface area contributed by atoms with E-state index in [9.17, 15) is 15.0 Å². The van der Waals surface area contributed by atoms with Gasteiger partial charge in [0.1, 0.15) is 11.8 Å². The molecule has 3 aromatic rings. The maximum atomic E-state index is 12.5. The molecule has 1 atom stereocenters. The molecule has 1 unspecified atom stereocenters. The number of carboxylic acid groups (broad SMARTS) is 1. The number of phenolic OH excluding ortho intramolecular Hbond substituents is 1. The van der Waals surface area contributed by atoms with Crippen molar-refractivity contribution in [3.8, 4) is 5.75 Å². The SMILES string of the molecule is CC(C)(C)c1cc(C(NC(c2cccnc2)c2cccnc2)C(=O)O)cc(C(C)(C)C)c1O. The van der Waals surface area contributed by atoms with E-state index in [1.807, 2.05) is 65.8 Å². The largest absolute Gasteiger partial charge is 0.507 e. The van der Waals surface area contributed by atoms with Gasteiger partial charge < -0.3 is 10.2 Å². The van der Waals surface area contributed by atoms with Crippen LogP contribution >= 0.6 is 0 Å². The Labute approximate surface area is 195 Å². The number of hydrogen-bond donors (Lipinski definition) is 3. The van der Waals surface area contributed by atoms with E-state index in [4.69, 9.17) is 0 Å². The van der Waals surface area contributed by atoms with Gasteiger partial charge in [0.2, 0.25) is 0 Å². The van der Waals surface area contributed by atoms with Gasteiger partial charge in [0.15, 0.2) is 0 Å². The van der Waals surface area contributed by atoms with Crippen LogP contribution in [-0.4, -0.2) is 26.2 Å². The van der Waals surface area contributed by atoms with E-state index < -0.39 is 18.1 Å². The summed E-state index contributed by atoms with van der Waals surface area (Å²) in [5, 5.41) is 24.6. The number of nitrogens with one attached hydrogen (secondary N) is 1. The highest BCUT2D eigenvalue weighted by molar-refractivity contribution is 5.76. The lowest BCUT2D eigenvalue weighted by Gasteiger charge is -2.30. The van der Waals surface area contributed by atoms with Crippen LogP contribution in [0.1, 0.15) is 81.4 Å². The summed E-state index contributed by atoms with van der Waals surface area (Å²) < 4.78 is 0. The smallest absolute Gasteiger partial charge is 0.325 e. The quantitative estimate of drug-likeness (QED) is 0.476. The van der Waals surface area contributed by atoms with Gasteiger partial charge in [-0.15, -0.1) is 0 Å². The monoisotopic (exact) mass is 447 g/mol.